The average molecular weight is 310 g/mol. The van der Waals surface area contributed by atoms with Gasteiger partial charge in [-0.1, -0.05) is 6.92 Å². The molecule has 0 aromatic carbocycles. The smallest absolute Gasteiger partial charge is 0.321 e. The summed E-state index contributed by atoms with van der Waals surface area (Å²) in [5, 5.41) is 13.5. The number of carbonyl (C=O) groups excluding carboxylic acids is 2. The van der Waals surface area contributed by atoms with Crippen LogP contribution >= 0.6 is 12.4 Å². The van der Waals surface area contributed by atoms with Gasteiger partial charge in [-0.2, -0.15) is 0 Å². The maximum atomic E-state index is 11.6. The summed E-state index contributed by atoms with van der Waals surface area (Å²) >= 11 is 0. The largest absolute Gasteiger partial charge is 0.480 e. The van der Waals surface area contributed by atoms with E-state index in [1.807, 2.05) is 6.92 Å². The van der Waals surface area contributed by atoms with E-state index in [4.69, 9.17) is 5.11 Å². The molecule has 0 radical (unpaired) electrons. The molecular weight excluding hydrogens is 286 g/mol. The zero-order valence-corrected chi connectivity index (χ0v) is 13.2. The predicted octanol–water partition coefficient (Wildman–Crippen LogP) is 0.829. The Bertz CT molecular complexity index is 342. The Morgan fingerprint density at radius 2 is 1.70 bits per heavy atom. The lowest BCUT2D eigenvalue weighted by atomic mass is 10.1. The van der Waals surface area contributed by atoms with Crippen LogP contribution in [0.4, 0.5) is 4.79 Å². The van der Waals surface area contributed by atoms with Crippen molar-refractivity contribution in [2.45, 2.75) is 39.7 Å². The molecule has 0 atom stereocenters. The van der Waals surface area contributed by atoms with E-state index in [1.165, 1.54) is 4.90 Å². The zero-order chi connectivity index (χ0) is 15.1. The molecule has 8 heteroatoms. The first-order chi connectivity index (χ1) is 8.64. The standard InChI is InChI=1S/C12H23N3O4.ClH/c1-5-6-15(8-10(17)18)7-9(16)13-11(19)14-12(2,3)4;/h5-8H2,1-4H3,(H,17,18)(H2,13,14,16,19);1H. The number of rotatable bonds is 6. The third-order valence-electron chi connectivity index (χ3n) is 2.01. The Kier molecular flexibility index (Phi) is 10.0. The van der Waals surface area contributed by atoms with Crippen molar-refractivity contribution in [3.8, 4) is 0 Å². The lowest BCUT2D eigenvalue weighted by Gasteiger charge is -2.22. The quantitative estimate of drug-likeness (QED) is 0.675. The van der Waals surface area contributed by atoms with Crippen LogP contribution in [0.5, 0.6) is 0 Å². The maximum absolute atomic E-state index is 11.6. The van der Waals surface area contributed by atoms with Gasteiger partial charge >= 0.3 is 12.0 Å². The van der Waals surface area contributed by atoms with E-state index in [-0.39, 0.29) is 25.5 Å². The second-order valence-electron chi connectivity index (χ2n) is 5.36. The van der Waals surface area contributed by atoms with Gasteiger partial charge in [0.2, 0.25) is 5.91 Å². The van der Waals surface area contributed by atoms with Crippen molar-refractivity contribution >= 4 is 30.3 Å². The molecule has 0 aromatic rings. The van der Waals surface area contributed by atoms with E-state index in [0.717, 1.165) is 6.42 Å². The van der Waals surface area contributed by atoms with Gasteiger partial charge in [-0.25, -0.2) is 4.79 Å². The van der Waals surface area contributed by atoms with Crippen molar-refractivity contribution in [2.24, 2.45) is 0 Å². The van der Waals surface area contributed by atoms with Crippen molar-refractivity contribution in [3.63, 3.8) is 0 Å². The number of hydrogen-bond acceptors (Lipinski definition) is 4. The third kappa shape index (κ3) is 11.7. The van der Waals surface area contributed by atoms with Gasteiger partial charge < -0.3 is 10.4 Å². The fourth-order valence-electron chi connectivity index (χ4n) is 1.46. The van der Waals surface area contributed by atoms with Crippen molar-refractivity contribution in [2.75, 3.05) is 19.6 Å². The molecule has 0 saturated heterocycles. The average Bonchev–Trinajstić information content (AvgIpc) is 2.12. The minimum Gasteiger partial charge on any atom is -0.480 e. The van der Waals surface area contributed by atoms with E-state index in [2.05, 4.69) is 10.6 Å². The highest BCUT2D eigenvalue weighted by Gasteiger charge is 2.18. The van der Waals surface area contributed by atoms with Crippen molar-refractivity contribution in [3.05, 3.63) is 0 Å². The Hall–Kier alpha value is -1.34. The highest BCUT2D eigenvalue weighted by atomic mass is 35.5. The zero-order valence-electron chi connectivity index (χ0n) is 12.4. The molecule has 0 unspecified atom stereocenters. The maximum Gasteiger partial charge on any atom is 0.321 e. The molecule has 20 heavy (non-hydrogen) atoms. The minimum absolute atomic E-state index is 0. The third-order valence-corrected chi connectivity index (χ3v) is 2.01. The van der Waals surface area contributed by atoms with Gasteiger partial charge in [0, 0.05) is 5.54 Å². The molecule has 3 N–H and O–H groups in total. The first-order valence-corrected chi connectivity index (χ1v) is 6.20. The van der Waals surface area contributed by atoms with Crippen LogP contribution in [0.1, 0.15) is 34.1 Å². The number of halogens is 1. The van der Waals surface area contributed by atoms with E-state index >= 15 is 0 Å². The number of carboxylic acid groups (broad SMARTS) is 1. The molecule has 0 fully saturated rings. The van der Waals surface area contributed by atoms with Crippen LogP contribution in [-0.2, 0) is 9.59 Å². The molecule has 0 spiro atoms. The van der Waals surface area contributed by atoms with Gasteiger partial charge in [0.05, 0.1) is 13.1 Å². The highest BCUT2D eigenvalue weighted by molar-refractivity contribution is 5.95. The number of aliphatic carboxylic acids is 1. The van der Waals surface area contributed by atoms with E-state index in [1.54, 1.807) is 20.8 Å². The molecule has 0 aromatic heterocycles. The summed E-state index contributed by atoms with van der Waals surface area (Å²) in [6.07, 6.45) is 0.731. The number of urea groups is 1. The summed E-state index contributed by atoms with van der Waals surface area (Å²) in [7, 11) is 0. The molecule has 7 nitrogen and oxygen atoms in total. The van der Waals surface area contributed by atoms with Crippen LogP contribution in [0.2, 0.25) is 0 Å². The first kappa shape index (κ1) is 21.0. The van der Waals surface area contributed by atoms with Crippen molar-refractivity contribution in [1.82, 2.24) is 15.5 Å². The van der Waals surface area contributed by atoms with Gasteiger partial charge in [0.25, 0.3) is 0 Å². The van der Waals surface area contributed by atoms with E-state index in [9.17, 15) is 14.4 Å². The van der Waals surface area contributed by atoms with Gasteiger partial charge in [0.1, 0.15) is 0 Å². The van der Waals surface area contributed by atoms with Crippen LogP contribution < -0.4 is 10.6 Å². The van der Waals surface area contributed by atoms with Gasteiger partial charge in [-0.3, -0.25) is 19.8 Å². The number of amides is 3. The van der Waals surface area contributed by atoms with Crippen LogP contribution in [0.15, 0.2) is 0 Å². The molecule has 3 amide bonds. The molecule has 0 saturated carbocycles. The van der Waals surface area contributed by atoms with Crippen molar-refractivity contribution in [1.29, 1.82) is 0 Å². The molecule has 0 aliphatic rings. The minimum atomic E-state index is -1.000. The Morgan fingerprint density at radius 3 is 2.10 bits per heavy atom. The highest BCUT2D eigenvalue weighted by Crippen LogP contribution is 1.97. The summed E-state index contributed by atoms with van der Waals surface area (Å²) < 4.78 is 0. The Labute approximate surface area is 125 Å². The van der Waals surface area contributed by atoms with Gasteiger partial charge in [-0.15, -0.1) is 12.4 Å². The number of nitrogens with zero attached hydrogens (tertiary/aromatic N) is 1. The SMILES string of the molecule is CCCN(CC(=O)O)CC(=O)NC(=O)NC(C)(C)C.Cl. The summed E-state index contributed by atoms with van der Waals surface area (Å²) in [6.45, 7) is 7.43. The predicted molar refractivity (Wildman–Crippen MR) is 78.0 cm³/mol. The summed E-state index contributed by atoms with van der Waals surface area (Å²) in [6, 6.07) is -0.579. The second-order valence-corrected chi connectivity index (χ2v) is 5.36. The summed E-state index contributed by atoms with van der Waals surface area (Å²) in [4.78, 5) is 35.1. The molecule has 118 valence electrons. The monoisotopic (exact) mass is 309 g/mol. The Morgan fingerprint density at radius 1 is 1.15 bits per heavy atom. The molecule has 0 aliphatic heterocycles. The van der Waals surface area contributed by atoms with Gasteiger partial charge in [-0.05, 0) is 33.7 Å². The van der Waals surface area contributed by atoms with E-state index in [0.29, 0.717) is 6.54 Å². The van der Waals surface area contributed by atoms with Crippen LogP contribution in [0, 0.1) is 0 Å². The molecule has 0 aliphatic carbocycles. The first-order valence-electron chi connectivity index (χ1n) is 6.20. The number of nitrogens with one attached hydrogen (secondary N) is 2. The fourth-order valence-corrected chi connectivity index (χ4v) is 1.46. The lowest BCUT2D eigenvalue weighted by Crippen LogP contribution is -2.50. The number of carboxylic acids is 1. The topological polar surface area (TPSA) is 98.7 Å². The van der Waals surface area contributed by atoms with Crippen molar-refractivity contribution < 1.29 is 19.5 Å². The van der Waals surface area contributed by atoms with Crippen LogP contribution in [-0.4, -0.2) is 53.1 Å². The normalized spacial score (nSPS) is 10.7. The van der Waals surface area contributed by atoms with E-state index < -0.39 is 23.4 Å². The molecule has 0 rings (SSSR count). The number of carbonyl (C=O) groups is 3. The number of imide groups is 1. The molecule has 0 bridgehead atoms. The van der Waals surface area contributed by atoms with Gasteiger partial charge in [0.15, 0.2) is 0 Å². The number of hydrogen-bond donors (Lipinski definition) is 3. The van der Waals surface area contributed by atoms with Crippen LogP contribution in [0.3, 0.4) is 0 Å². The Balaban J connectivity index is 0. The second kappa shape index (κ2) is 9.55. The van der Waals surface area contributed by atoms with Crippen LogP contribution in [0.25, 0.3) is 0 Å². The molecule has 0 heterocycles. The fraction of sp³-hybridized carbons (Fsp3) is 0.750. The summed E-state index contributed by atoms with van der Waals surface area (Å²) in [5.74, 6) is -1.52. The lowest BCUT2D eigenvalue weighted by molar-refractivity contribution is -0.138. The summed E-state index contributed by atoms with van der Waals surface area (Å²) in [5.41, 5.74) is -0.436. The molecular formula is C12H24ClN3O4.